The molecule has 0 spiro atoms. The van der Waals surface area contributed by atoms with Crippen molar-refractivity contribution in [3.05, 3.63) is 59.7 Å². The SMILES string of the molecule is COc1ccc(CCOC(=O)[C@]23CCC(=O)N2c2ccccc2C(=O)N3C(C)C)cc1. The Morgan fingerprint density at radius 1 is 1.10 bits per heavy atom. The van der Waals surface area contributed by atoms with E-state index in [4.69, 9.17) is 9.47 Å². The van der Waals surface area contributed by atoms with E-state index in [1.165, 1.54) is 9.80 Å². The first-order valence-electron chi connectivity index (χ1n) is 10.5. The molecule has 1 atom stereocenters. The molecule has 4 rings (SSSR count). The molecule has 0 aromatic heterocycles. The predicted molar refractivity (Wildman–Crippen MR) is 115 cm³/mol. The lowest BCUT2D eigenvalue weighted by molar-refractivity contribution is -0.158. The second-order valence-corrected chi connectivity index (χ2v) is 8.07. The second-order valence-electron chi connectivity index (χ2n) is 8.07. The van der Waals surface area contributed by atoms with Crippen LogP contribution in [0.25, 0.3) is 0 Å². The van der Waals surface area contributed by atoms with E-state index >= 15 is 0 Å². The first-order valence-corrected chi connectivity index (χ1v) is 10.5. The molecular weight excluding hydrogens is 396 g/mol. The normalized spacial score (nSPS) is 20.0. The van der Waals surface area contributed by atoms with E-state index in [9.17, 15) is 14.4 Å². The highest BCUT2D eigenvalue weighted by Gasteiger charge is 2.62. The van der Waals surface area contributed by atoms with Gasteiger partial charge in [-0.15, -0.1) is 0 Å². The topological polar surface area (TPSA) is 76.1 Å². The van der Waals surface area contributed by atoms with Gasteiger partial charge in [0.2, 0.25) is 11.6 Å². The van der Waals surface area contributed by atoms with Crippen molar-refractivity contribution in [3.8, 4) is 5.75 Å². The van der Waals surface area contributed by atoms with Crippen molar-refractivity contribution in [2.24, 2.45) is 0 Å². The Bertz CT molecular complexity index is 1020. The largest absolute Gasteiger partial charge is 0.497 e. The molecule has 1 fully saturated rings. The number of carbonyl (C=O) groups is 3. The lowest BCUT2D eigenvalue weighted by atomic mass is 9.95. The second kappa shape index (κ2) is 8.06. The third-order valence-corrected chi connectivity index (χ3v) is 5.93. The van der Waals surface area contributed by atoms with E-state index in [1.807, 2.05) is 38.1 Å². The van der Waals surface area contributed by atoms with Gasteiger partial charge in [-0.2, -0.15) is 0 Å². The van der Waals surface area contributed by atoms with Crippen molar-refractivity contribution >= 4 is 23.5 Å². The molecule has 2 heterocycles. The number of nitrogens with zero attached hydrogens (tertiary/aromatic N) is 2. The molecule has 0 radical (unpaired) electrons. The molecule has 0 unspecified atom stereocenters. The molecule has 2 aromatic rings. The summed E-state index contributed by atoms with van der Waals surface area (Å²) in [5.74, 6) is -0.253. The van der Waals surface area contributed by atoms with Crippen LogP contribution in [-0.4, -0.2) is 48.1 Å². The maximum atomic E-state index is 13.5. The Morgan fingerprint density at radius 2 is 1.81 bits per heavy atom. The number of carbonyl (C=O) groups excluding carboxylic acids is 3. The number of hydrogen-bond acceptors (Lipinski definition) is 5. The molecular formula is C24H26N2O5. The lowest BCUT2D eigenvalue weighted by Crippen LogP contribution is -2.70. The number of hydrogen-bond donors (Lipinski definition) is 0. The number of methoxy groups -OCH3 is 1. The van der Waals surface area contributed by atoms with Crippen LogP contribution in [0.5, 0.6) is 5.75 Å². The molecule has 31 heavy (non-hydrogen) atoms. The van der Waals surface area contributed by atoms with Crippen LogP contribution in [0.2, 0.25) is 0 Å². The molecule has 162 valence electrons. The number of amides is 2. The molecule has 2 aliphatic rings. The van der Waals surface area contributed by atoms with E-state index in [1.54, 1.807) is 31.4 Å². The van der Waals surface area contributed by atoms with E-state index in [0.29, 0.717) is 17.7 Å². The van der Waals surface area contributed by atoms with Gasteiger partial charge in [0.15, 0.2) is 0 Å². The van der Waals surface area contributed by atoms with Gasteiger partial charge < -0.3 is 14.4 Å². The molecule has 0 bridgehead atoms. The van der Waals surface area contributed by atoms with Gasteiger partial charge in [0.1, 0.15) is 5.75 Å². The smallest absolute Gasteiger partial charge is 0.353 e. The standard InChI is InChI=1S/C24H26N2O5/c1-16(2)25-22(28)19-6-4-5-7-20(19)26-21(27)12-14-24(25,26)23(29)31-15-13-17-8-10-18(30-3)11-9-17/h4-11,16H,12-15H2,1-3H3/t24-/m0/s1. The number of benzene rings is 2. The molecule has 7 nitrogen and oxygen atoms in total. The Kier molecular flexibility index (Phi) is 5.43. The number of ether oxygens (including phenoxy) is 2. The van der Waals surface area contributed by atoms with Crippen LogP contribution >= 0.6 is 0 Å². The molecule has 2 aromatic carbocycles. The van der Waals surface area contributed by atoms with Crippen LogP contribution in [0.1, 0.15) is 42.6 Å². The fourth-order valence-electron chi connectivity index (χ4n) is 4.54. The molecule has 7 heteroatoms. The van der Waals surface area contributed by atoms with Gasteiger partial charge >= 0.3 is 5.97 Å². The van der Waals surface area contributed by atoms with Crippen molar-refractivity contribution in [1.82, 2.24) is 4.90 Å². The number of esters is 1. The van der Waals surface area contributed by atoms with E-state index in [0.717, 1.165) is 11.3 Å². The van der Waals surface area contributed by atoms with Crippen LogP contribution in [0.3, 0.4) is 0 Å². The zero-order chi connectivity index (χ0) is 22.2. The maximum Gasteiger partial charge on any atom is 0.353 e. The Balaban J connectivity index is 1.62. The Hall–Kier alpha value is -3.35. The van der Waals surface area contributed by atoms with E-state index < -0.39 is 11.6 Å². The first kappa shape index (κ1) is 20.9. The van der Waals surface area contributed by atoms with Crippen LogP contribution in [-0.2, 0) is 20.7 Å². The fourth-order valence-corrected chi connectivity index (χ4v) is 4.54. The maximum absolute atomic E-state index is 13.5. The van der Waals surface area contributed by atoms with Crippen molar-refractivity contribution < 1.29 is 23.9 Å². The highest BCUT2D eigenvalue weighted by Crippen LogP contribution is 2.45. The monoisotopic (exact) mass is 422 g/mol. The molecule has 0 aliphatic carbocycles. The van der Waals surface area contributed by atoms with Gasteiger partial charge in [-0.1, -0.05) is 24.3 Å². The average molecular weight is 422 g/mol. The Morgan fingerprint density at radius 3 is 2.48 bits per heavy atom. The number of para-hydroxylation sites is 1. The van der Waals surface area contributed by atoms with E-state index in [-0.39, 0.29) is 37.3 Å². The molecule has 0 N–H and O–H groups in total. The summed E-state index contributed by atoms with van der Waals surface area (Å²) in [5, 5.41) is 0. The van der Waals surface area contributed by atoms with Crippen molar-refractivity contribution in [2.45, 2.75) is 44.8 Å². The van der Waals surface area contributed by atoms with Gasteiger partial charge in [0.25, 0.3) is 5.91 Å². The lowest BCUT2D eigenvalue weighted by Gasteiger charge is -2.50. The molecule has 1 saturated heterocycles. The third-order valence-electron chi connectivity index (χ3n) is 5.93. The van der Waals surface area contributed by atoms with Gasteiger partial charge in [0, 0.05) is 25.3 Å². The fraction of sp³-hybridized carbons (Fsp3) is 0.375. The quantitative estimate of drug-likeness (QED) is 0.669. The van der Waals surface area contributed by atoms with E-state index in [2.05, 4.69) is 0 Å². The summed E-state index contributed by atoms with van der Waals surface area (Å²) in [6.45, 7) is 3.84. The van der Waals surface area contributed by atoms with Crippen molar-refractivity contribution in [3.63, 3.8) is 0 Å². The summed E-state index contributed by atoms with van der Waals surface area (Å²) in [7, 11) is 1.61. The Labute approximate surface area is 181 Å². The summed E-state index contributed by atoms with van der Waals surface area (Å²) in [5.41, 5.74) is 0.444. The summed E-state index contributed by atoms with van der Waals surface area (Å²) in [6, 6.07) is 14.2. The number of rotatable bonds is 6. The number of fused-ring (bicyclic) bond motifs is 3. The highest BCUT2D eigenvalue weighted by molar-refractivity contribution is 6.15. The number of anilines is 1. The van der Waals surface area contributed by atoms with Crippen LogP contribution in [0, 0.1) is 0 Å². The van der Waals surface area contributed by atoms with Crippen molar-refractivity contribution in [2.75, 3.05) is 18.6 Å². The first-order chi connectivity index (χ1) is 14.9. The minimum atomic E-state index is -1.45. The highest BCUT2D eigenvalue weighted by atomic mass is 16.5. The molecule has 0 saturated carbocycles. The molecule has 2 aliphatic heterocycles. The third kappa shape index (κ3) is 3.34. The predicted octanol–water partition coefficient (Wildman–Crippen LogP) is 3.17. The van der Waals surface area contributed by atoms with Gasteiger partial charge in [-0.25, -0.2) is 4.79 Å². The average Bonchev–Trinajstić information content (AvgIpc) is 3.12. The zero-order valence-corrected chi connectivity index (χ0v) is 18.0. The minimum absolute atomic E-state index is 0.150. The summed E-state index contributed by atoms with van der Waals surface area (Å²) >= 11 is 0. The van der Waals surface area contributed by atoms with Crippen molar-refractivity contribution in [1.29, 1.82) is 0 Å². The zero-order valence-electron chi connectivity index (χ0n) is 18.0. The molecule has 2 amide bonds. The summed E-state index contributed by atoms with van der Waals surface area (Å²) in [4.78, 5) is 42.7. The summed E-state index contributed by atoms with van der Waals surface area (Å²) < 4.78 is 10.8. The minimum Gasteiger partial charge on any atom is -0.497 e. The van der Waals surface area contributed by atoms with Gasteiger partial charge in [0.05, 0.1) is 25.0 Å². The van der Waals surface area contributed by atoms with Crippen LogP contribution in [0.15, 0.2) is 48.5 Å². The van der Waals surface area contributed by atoms with Gasteiger partial charge in [-0.3, -0.25) is 14.5 Å². The van der Waals surface area contributed by atoms with Crippen LogP contribution in [0.4, 0.5) is 5.69 Å². The van der Waals surface area contributed by atoms with Gasteiger partial charge in [-0.05, 0) is 43.7 Å². The summed E-state index contributed by atoms with van der Waals surface area (Å²) in [6.07, 6.45) is 0.913. The van der Waals surface area contributed by atoms with Crippen LogP contribution < -0.4 is 9.64 Å².